The summed E-state index contributed by atoms with van der Waals surface area (Å²) in [5.41, 5.74) is 3.26. The monoisotopic (exact) mass is 591 g/mol. The minimum Gasteiger partial charge on any atom is -0.507 e. The van der Waals surface area contributed by atoms with E-state index in [2.05, 4.69) is 34.5 Å². The Hall–Kier alpha value is -3.66. The fourth-order valence-electron chi connectivity index (χ4n) is 4.29. The van der Waals surface area contributed by atoms with Crippen LogP contribution in [0, 0.1) is 6.92 Å². The zero-order valence-electron chi connectivity index (χ0n) is 21.8. The highest BCUT2D eigenvalue weighted by Gasteiger charge is 2.48. The molecule has 10 heteroatoms. The van der Waals surface area contributed by atoms with Crippen LogP contribution in [-0.4, -0.2) is 33.6 Å². The number of halogens is 1. The van der Waals surface area contributed by atoms with Crippen LogP contribution in [0.1, 0.15) is 41.6 Å². The average Bonchev–Trinajstić information content (AvgIpc) is 3.53. The summed E-state index contributed by atoms with van der Waals surface area (Å²) in [4.78, 5) is 28.2. The fraction of sp³-hybridized carbons (Fsp3) is 0.200. The molecular weight excluding hydrogens is 566 g/mol. The normalized spacial score (nSPS) is 16.5. The molecule has 4 aromatic rings. The number of benzene rings is 3. The smallest absolute Gasteiger partial charge is 0.301 e. The first kappa shape index (κ1) is 27.9. The van der Waals surface area contributed by atoms with Crippen molar-refractivity contribution in [2.75, 3.05) is 11.5 Å². The van der Waals surface area contributed by atoms with Crippen molar-refractivity contribution in [1.82, 2.24) is 10.2 Å². The van der Waals surface area contributed by atoms with Gasteiger partial charge in [0.2, 0.25) is 5.13 Å². The number of aliphatic hydroxyl groups excluding tert-OH is 1. The minimum atomic E-state index is -0.927. The molecule has 0 aliphatic carbocycles. The predicted octanol–water partition coefficient (Wildman–Crippen LogP) is 7.21. The SMILES string of the molecule is CCCOc1cccc(C2C(=C(O)c3ccc(Cl)cc3)C(=O)C(=O)N2c2nnc(SCc3ccc(C)cc3)s2)c1. The molecule has 1 unspecified atom stereocenters. The Kier molecular flexibility index (Phi) is 8.54. The molecule has 1 atom stereocenters. The van der Waals surface area contributed by atoms with Crippen molar-refractivity contribution in [2.45, 2.75) is 36.4 Å². The van der Waals surface area contributed by atoms with Crippen LogP contribution in [-0.2, 0) is 15.3 Å². The van der Waals surface area contributed by atoms with Crippen LogP contribution < -0.4 is 9.64 Å². The van der Waals surface area contributed by atoms with Crippen molar-refractivity contribution in [2.24, 2.45) is 0 Å². The van der Waals surface area contributed by atoms with E-state index in [4.69, 9.17) is 16.3 Å². The molecule has 2 heterocycles. The van der Waals surface area contributed by atoms with Gasteiger partial charge in [-0.25, -0.2) is 0 Å². The van der Waals surface area contributed by atoms with E-state index in [-0.39, 0.29) is 16.5 Å². The van der Waals surface area contributed by atoms with Crippen LogP contribution in [0.5, 0.6) is 5.75 Å². The fourth-order valence-corrected chi connectivity index (χ4v) is 6.24. The maximum atomic E-state index is 13.5. The summed E-state index contributed by atoms with van der Waals surface area (Å²) in [5, 5.41) is 20.6. The number of carbonyl (C=O) groups excluding carboxylic acids is 2. The molecule has 0 spiro atoms. The Morgan fingerprint density at radius 3 is 2.55 bits per heavy atom. The maximum Gasteiger partial charge on any atom is 0.301 e. The first-order chi connectivity index (χ1) is 19.4. The second-order valence-electron chi connectivity index (χ2n) is 9.22. The number of hydrogen-bond donors (Lipinski definition) is 1. The van der Waals surface area contributed by atoms with Gasteiger partial charge in [0.15, 0.2) is 4.34 Å². The Labute approximate surface area is 245 Å². The van der Waals surface area contributed by atoms with Crippen LogP contribution in [0.25, 0.3) is 5.76 Å². The number of anilines is 1. The van der Waals surface area contributed by atoms with Crippen LogP contribution >= 0.6 is 34.7 Å². The van der Waals surface area contributed by atoms with Crippen molar-refractivity contribution >= 4 is 57.3 Å². The summed E-state index contributed by atoms with van der Waals surface area (Å²) < 4.78 is 6.48. The van der Waals surface area contributed by atoms with Crippen LogP contribution in [0.3, 0.4) is 0 Å². The largest absolute Gasteiger partial charge is 0.507 e. The summed E-state index contributed by atoms with van der Waals surface area (Å²) in [6, 6.07) is 20.9. The molecule has 1 aliphatic heterocycles. The molecular formula is C30H26ClN3O4S2. The molecule has 3 aromatic carbocycles. The number of aliphatic hydroxyl groups is 1. The zero-order chi connectivity index (χ0) is 28.2. The molecule has 1 aliphatic rings. The predicted molar refractivity (Wildman–Crippen MR) is 159 cm³/mol. The number of carbonyl (C=O) groups is 2. The highest BCUT2D eigenvalue weighted by molar-refractivity contribution is 8.00. The topological polar surface area (TPSA) is 92.6 Å². The Morgan fingerprint density at radius 1 is 1.07 bits per heavy atom. The highest BCUT2D eigenvalue weighted by atomic mass is 35.5. The van der Waals surface area contributed by atoms with Gasteiger partial charge in [-0.15, -0.1) is 10.2 Å². The number of aryl methyl sites for hydroxylation is 1. The van der Waals surface area contributed by atoms with E-state index in [0.29, 0.717) is 38.6 Å². The van der Waals surface area contributed by atoms with E-state index in [9.17, 15) is 14.7 Å². The molecule has 204 valence electrons. The second-order valence-corrected chi connectivity index (χ2v) is 11.8. The van der Waals surface area contributed by atoms with Gasteiger partial charge in [-0.1, -0.05) is 83.6 Å². The van der Waals surface area contributed by atoms with Crippen molar-refractivity contribution in [3.05, 3.63) is 106 Å². The lowest BCUT2D eigenvalue weighted by atomic mass is 9.95. The van der Waals surface area contributed by atoms with Gasteiger partial charge in [0.25, 0.3) is 5.78 Å². The lowest BCUT2D eigenvalue weighted by Crippen LogP contribution is -2.29. The van der Waals surface area contributed by atoms with Gasteiger partial charge in [-0.05, 0) is 60.9 Å². The van der Waals surface area contributed by atoms with Crippen LogP contribution in [0.2, 0.25) is 5.02 Å². The molecule has 1 aromatic heterocycles. The minimum absolute atomic E-state index is 0.0379. The molecule has 1 saturated heterocycles. The summed E-state index contributed by atoms with van der Waals surface area (Å²) in [7, 11) is 0. The van der Waals surface area contributed by atoms with E-state index in [0.717, 1.165) is 12.0 Å². The van der Waals surface area contributed by atoms with Gasteiger partial charge in [-0.3, -0.25) is 14.5 Å². The third-order valence-electron chi connectivity index (χ3n) is 6.29. The van der Waals surface area contributed by atoms with E-state index in [1.54, 1.807) is 42.5 Å². The standard InChI is InChI=1S/C30H26ClN3O4S2/c1-3-15-38-23-6-4-5-21(16-23)25-24(26(35)20-11-13-22(31)14-12-20)27(36)28(37)34(25)29-32-33-30(40-29)39-17-19-9-7-18(2)8-10-19/h4-14,16,25,35H,3,15,17H2,1-2H3. The summed E-state index contributed by atoms with van der Waals surface area (Å²) >= 11 is 8.76. The zero-order valence-corrected chi connectivity index (χ0v) is 24.2. The molecule has 1 N–H and O–H groups in total. The molecule has 1 fully saturated rings. The molecule has 40 heavy (non-hydrogen) atoms. The van der Waals surface area contributed by atoms with Gasteiger partial charge in [0.1, 0.15) is 11.5 Å². The molecule has 0 radical (unpaired) electrons. The van der Waals surface area contributed by atoms with Crippen molar-refractivity contribution in [1.29, 1.82) is 0 Å². The number of hydrogen-bond acceptors (Lipinski definition) is 8. The Bertz CT molecular complexity index is 1570. The number of aromatic nitrogens is 2. The maximum absolute atomic E-state index is 13.5. The molecule has 7 nitrogen and oxygen atoms in total. The number of nitrogens with zero attached hydrogens (tertiary/aromatic N) is 3. The first-order valence-corrected chi connectivity index (χ1v) is 14.8. The van der Waals surface area contributed by atoms with Crippen molar-refractivity contribution < 1.29 is 19.4 Å². The number of thioether (sulfide) groups is 1. The van der Waals surface area contributed by atoms with E-state index in [1.165, 1.54) is 33.6 Å². The second kappa shape index (κ2) is 12.2. The van der Waals surface area contributed by atoms with Gasteiger partial charge in [0.05, 0.1) is 18.2 Å². The van der Waals surface area contributed by atoms with E-state index in [1.807, 2.05) is 19.9 Å². The summed E-state index contributed by atoms with van der Waals surface area (Å²) in [5.74, 6) is -0.596. The number of ketones is 1. The molecule has 5 rings (SSSR count). The average molecular weight is 592 g/mol. The van der Waals surface area contributed by atoms with E-state index < -0.39 is 17.7 Å². The summed E-state index contributed by atoms with van der Waals surface area (Å²) in [6.45, 7) is 4.57. The van der Waals surface area contributed by atoms with Gasteiger partial charge in [0, 0.05) is 16.3 Å². The number of rotatable bonds is 9. The quantitative estimate of drug-likeness (QED) is 0.0723. The number of ether oxygens (including phenoxy) is 1. The lowest BCUT2D eigenvalue weighted by Gasteiger charge is -2.23. The van der Waals surface area contributed by atoms with E-state index >= 15 is 0 Å². The number of Topliss-reactive ketones (excluding diaryl/α,β-unsaturated/α-hetero) is 1. The van der Waals surface area contributed by atoms with Gasteiger partial charge in [-0.2, -0.15) is 0 Å². The van der Waals surface area contributed by atoms with Crippen LogP contribution in [0.15, 0.2) is 82.7 Å². The van der Waals surface area contributed by atoms with Crippen molar-refractivity contribution in [3.8, 4) is 5.75 Å². The molecule has 0 saturated carbocycles. The number of amides is 1. The highest BCUT2D eigenvalue weighted by Crippen LogP contribution is 2.44. The third-order valence-corrected chi connectivity index (χ3v) is 8.67. The molecule has 0 bridgehead atoms. The molecule has 1 amide bonds. The van der Waals surface area contributed by atoms with Crippen LogP contribution in [0.4, 0.5) is 5.13 Å². The lowest BCUT2D eigenvalue weighted by molar-refractivity contribution is -0.132. The van der Waals surface area contributed by atoms with Gasteiger partial charge >= 0.3 is 5.91 Å². The van der Waals surface area contributed by atoms with Gasteiger partial charge < -0.3 is 9.84 Å². The Balaban J connectivity index is 1.54. The van der Waals surface area contributed by atoms with Crippen molar-refractivity contribution in [3.63, 3.8) is 0 Å². The third kappa shape index (κ3) is 5.91. The Morgan fingerprint density at radius 2 is 1.82 bits per heavy atom. The summed E-state index contributed by atoms with van der Waals surface area (Å²) in [6.07, 6.45) is 0.826. The first-order valence-electron chi connectivity index (χ1n) is 12.7.